The highest BCUT2D eigenvalue weighted by atomic mass is 32.2. The van der Waals surface area contributed by atoms with E-state index in [4.69, 9.17) is 21.3 Å². The van der Waals surface area contributed by atoms with Gasteiger partial charge in [-0.25, -0.2) is 21.3 Å². The Labute approximate surface area is 238 Å². The van der Waals surface area contributed by atoms with Crippen LogP contribution in [0.5, 0.6) is 0 Å². The molecule has 2 aromatic carbocycles. The normalized spacial score (nSPS) is 18.3. The molecule has 2 atom stereocenters. The number of rotatable bonds is 4. The number of carbonyl (C=O) groups is 1. The van der Waals surface area contributed by atoms with Gasteiger partial charge in [-0.1, -0.05) is 30.3 Å². The van der Waals surface area contributed by atoms with E-state index in [0.717, 1.165) is 30.0 Å². The van der Waals surface area contributed by atoms with Crippen LogP contribution >= 0.6 is 0 Å². The maximum absolute atomic E-state index is 12.9. The quantitative estimate of drug-likeness (QED) is 0.341. The fourth-order valence-corrected chi connectivity index (χ4v) is 6.08. The van der Waals surface area contributed by atoms with Crippen molar-refractivity contribution in [3.05, 3.63) is 64.6 Å². The second-order valence-corrected chi connectivity index (χ2v) is 12.7. The third-order valence-corrected chi connectivity index (χ3v) is 8.12. The van der Waals surface area contributed by atoms with Crippen LogP contribution in [0.4, 0.5) is 16.3 Å². The van der Waals surface area contributed by atoms with Gasteiger partial charge in [-0.05, 0) is 51.1 Å². The number of anilines is 2. The summed E-state index contributed by atoms with van der Waals surface area (Å²) in [5, 5.41) is 2.75. The first-order valence-electron chi connectivity index (χ1n) is 13.6. The van der Waals surface area contributed by atoms with Crippen molar-refractivity contribution in [3.63, 3.8) is 0 Å². The summed E-state index contributed by atoms with van der Waals surface area (Å²) in [4.78, 5) is 32.2. The zero-order valence-corrected chi connectivity index (χ0v) is 24.6. The average Bonchev–Trinajstić information content (AvgIpc) is 2.91. The molecule has 1 unspecified atom stereocenters. The number of benzene rings is 2. The summed E-state index contributed by atoms with van der Waals surface area (Å²) >= 11 is 0. The number of carbonyl (C=O) groups excluding carboxylic acids is 1. The first-order valence-corrected chi connectivity index (χ1v) is 15.2. The highest BCUT2D eigenvalue weighted by molar-refractivity contribution is 7.84. The maximum Gasteiger partial charge on any atom is 0.410 e. The first-order chi connectivity index (χ1) is 19.1. The monoisotopic (exact) mass is 560 g/mol. The SMILES string of the molecule is [C-]#[N+]C[C@H]1CN(c2nc(S(C)=O)nc3c2CCN(c2cccc4cccc(C)c24)C3)CCN1C(=O)OC(C)(C)C. The summed E-state index contributed by atoms with van der Waals surface area (Å²) in [6.45, 7) is 18.1. The van der Waals surface area contributed by atoms with Crippen molar-refractivity contribution in [2.45, 2.75) is 57.5 Å². The van der Waals surface area contributed by atoms with E-state index in [2.05, 4.69) is 58.0 Å². The highest BCUT2D eigenvalue weighted by Crippen LogP contribution is 2.35. The summed E-state index contributed by atoms with van der Waals surface area (Å²) in [6, 6.07) is 12.4. The molecule has 210 valence electrons. The van der Waals surface area contributed by atoms with Crippen molar-refractivity contribution >= 4 is 39.2 Å². The molecule has 2 aliphatic rings. The van der Waals surface area contributed by atoms with Gasteiger partial charge in [0.2, 0.25) is 11.7 Å². The lowest BCUT2D eigenvalue weighted by Crippen LogP contribution is -2.57. The molecular weight excluding hydrogens is 524 g/mol. The predicted octanol–water partition coefficient (Wildman–Crippen LogP) is 4.58. The van der Waals surface area contributed by atoms with Crippen LogP contribution in [0.25, 0.3) is 15.6 Å². The van der Waals surface area contributed by atoms with Crippen molar-refractivity contribution in [2.24, 2.45) is 0 Å². The van der Waals surface area contributed by atoms with Crippen molar-refractivity contribution < 1.29 is 13.7 Å². The zero-order chi connectivity index (χ0) is 28.6. The van der Waals surface area contributed by atoms with E-state index in [1.807, 2.05) is 20.8 Å². The standard InChI is InChI=1S/C30H36N6O3S/c1-20-9-7-10-21-11-8-12-25(26(20)21)34-14-13-23-24(19-34)32-28(40(6)38)33-27(23)35-15-16-36(22(18-35)17-31-5)29(37)39-30(2,3)4/h7-12,22H,13-19H2,1-4,6H3/t22-,40?/m0/s1. The summed E-state index contributed by atoms with van der Waals surface area (Å²) in [6.07, 6.45) is 1.94. The van der Waals surface area contributed by atoms with Crippen LogP contribution in [0.1, 0.15) is 37.6 Å². The molecule has 0 aliphatic carbocycles. The fourth-order valence-electron chi connectivity index (χ4n) is 5.62. The van der Waals surface area contributed by atoms with E-state index >= 15 is 0 Å². The van der Waals surface area contributed by atoms with E-state index in [1.54, 1.807) is 11.2 Å². The zero-order valence-electron chi connectivity index (χ0n) is 23.8. The molecule has 3 heterocycles. The van der Waals surface area contributed by atoms with E-state index in [1.165, 1.54) is 22.0 Å². The lowest BCUT2D eigenvalue weighted by molar-refractivity contribution is 0.0155. The Balaban J connectivity index is 1.47. The van der Waals surface area contributed by atoms with Gasteiger partial charge in [0, 0.05) is 49.1 Å². The molecule has 1 saturated heterocycles. The Morgan fingerprint density at radius 3 is 2.58 bits per heavy atom. The van der Waals surface area contributed by atoms with E-state index < -0.39 is 22.5 Å². The molecule has 40 heavy (non-hydrogen) atoms. The second-order valence-electron chi connectivity index (χ2n) is 11.4. The van der Waals surface area contributed by atoms with E-state index in [0.29, 0.717) is 31.3 Å². The lowest BCUT2D eigenvalue weighted by Gasteiger charge is -2.41. The van der Waals surface area contributed by atoms with Crippen molar-refractivity contribution in [2.75, 3.05) is 48.8 Å². The van der Waals surface area contributed by atoms with Crippen LogP contribution < -0.4 is 9.80 Å². The van der Waals surface area contributed by atoms with Crippen LogP contribution in [0.15, 0.2) is 41.6 Å². The number of nitrogens with zero attached hydrogens (tertiary/aromatic N) is 6. The van der Waals surface area contributed by atoms with Crippen LogP contribution in [0.3, 0.4) is 0 Å². The molecule has 1 amide bonds. The van der Waals surface area contributed by atoms with Crippen LogP contribution in [-0.2, 0) is 28.5 Å². The number of hydrogen-bond acceptors (Lipinski definition) is 7. The minimum atomic E-state index is -1.36. The highest BCUT2D eigenvalue weighted by Gasteiger charge is 2.37. The molecule has 3 aromatic rings. The minimum Gasteiger partial charge on any atom is -0.444 e. The van der Waals surface area contributed by atoms with Gasteiger partial charge in [0.15, 0.2) is 0 Å². The van der Waals surface area contributed by atoms with Gasteiger partial charge in [0.25, 0.3) is 0 Å². The second kappa shape index (κ2) is 11.0. The summed E-state index contributed by atoms with van der Waals surface area (Å²) < 4.78 is 18.2. The summed E-state index contributed by atoms with van der Waals surface area (Å²) in [7, 11) is -1.36. The summed E-state index contributed by atoms with van der Waals surface area (Å²) in [5.41, 5.74) is 3.71. The fraction of sp³-hybridized carbons (Fsp3) is 0.467. The van der Waals surface area contributed by atoms with Crippen molar-refractivity contribution in [1.82, 2.24) is 14.9 Å². The van der Waals surface area contributed by atoms with Crippen molar-refractivity contribution in [3.8, 4) is 0 Å². The number of piperazine rings is 1. The molecule has 9 nitrogen and oxygen atoms in total. The minimum absolute atomic E-state index is 0.170. The van der Waals surface area contributed by atoms with Crippen LogP contribution in [0, 0.1) is 13.5 Å². The molecule has 2 aliphatic heterocycles. The summed E-state index contributed by atoms with van der Waals surface area (Å²) in [5.74, 6) is 0.766. The Morgan fingerprint density at radius 1 is 1.12 bits per heavy atom. The van der Waals surface area contributed by atoms with Crippen molar-refractivity contribution in [1.29, 1.82) is 0 Å². The van der Waals surface area contributed by atoms with E-state index in [9.17, 15) is 9.00 Å². The molecule has 5 rings (SSSR count). The lowest BCUT2D eigenvalue weighted by atomic mass is 9.99. The third-order valence-electron chi connectivity index (χ3n) is 7.42. The van der Waals surface area contributed by atoms with Gasteiger partial charge in [-0.15, -0.1) is 0 Å². The van der Waals surface area contributed by atoms with Gasteiger partial charge >= 0.3 is 6.09 Å². The average molecular weight is 561 g/mol. The van der Waals surface area contributed by atoms with E-state index in [-0.39, 0.29) is 12.6 Å². The topological polar surface area (TPSA) is 83.2 Å². The Bertz CT molecular complexity index is 1510. The van der Waals surface area contributed by atoms with Crippen LogP contribution in [-0.4, -0.2) is 75.8 Å². The van der Waals surface area contributed by atoms with Gasteiger partial charge in [-0.2, -0.15) is 0 Å². The maximum atomic E-state index is 12.9. The molecule has 0 spiro atoms. The Kier molecular flexibility index (Phi) is 7.69. The van der Waals surface area contributed by atoms with Gasteiger partial charge in [0.1, 0.15) is 17.5 Å². The molecule has 1 fully saturated rings. The molecule has 1 aromatic heterocycles. The Morgan fingerprint density at radius 2 is 1.88 bits per heavy atom. The first kappa shape index (κ1) is 27.8. The molecule has 0 radical (unpaired) electrons. The molecule has 10 heteroatoms. The molecule has 0 bridgehead atoms. The largest absolute Gasteiger partial charge is 0.444 e. The molecule has 0 N–H and O–H groups in total. The number of aryl methyl sites for hydroxylation is 1. The number of fused-ring (bicyclic) bond motifs is 2. The van der Waals surface area contributed by atoms with Gasteiger partial charge in [-0.3, -0.25) is 9.11 Å². The van der Waals surface area contributed by atoms with Gasteiger partial charge in [0.05, 0.1) is 23.0 Å². The number of hydrogen-bond donors (Lipinski definition) is 0. The molecule has 0 saturated carbocycles. The van der Waals surface area contributed by atoms with Crippen LogP contribution in [0.2, 0.25) is 0 Å². The molecular formula is C30H36N6O3S. The Hall–Kier alpha value is -3.71. The van der Waals surface area contributed by atoms with Gasteiger partial charge < -0.3 is 19.4 Å². The smallest absolute Gasteiger partial charge is 0.410 e. The number of amides is 1. The third kappa shape index (κ3) is 5.61. The predicted molar refractivity (Wildman–Crippen MR) is 158 cm³/mol. The number of ether oxygens (including phenoxy) is 1. The number of aromatic nitrogens is 2.